The lowest BCUT2D eigenvalue weighted by atomic mass is 10.0. The summed E-state index contributed by atoms with van der Waals surface area (Å²) >= 11 is 0. The van der Waals surface area contributed by atoms with Crippen LogP contribution in [0.25, 0.3) is 0 Å². The molecule has 0 N–H and O–H groups in total. The molecule has 1 unspecified atom stereocenters. The Morgan fingerprint density at radius 3 is 0.756 bits per heavy atom. The molecule has 0 heterocycles. The van der Waals surface area contributed by atoms with Crippen molar-refractivity contribution in [3.05, 3.63) is 48.6 Å². The van der Waals surface area contributed by atoms with Gasteiger partial charge in [-0.15, -0.1) is 0 Å². The first kappa shape index (κ1) is 75.4. The zero-order valence-corrected chi connectivity index (χ0v) is 52.5. The molecule has 6 heteroatoms. The number of rotatable bonds is 64. The summed E-state index contributed by atoms with van der Waals surface area (Å²) < 4.78 is 16.9. The smallest absolute Gasteiger partial charge is 0.306 e. The quantitative estimate of drug-likeness (QED) is 0.0261. The van der Waals surface area contributed by atoms with Crippen LogP contribution >= 0.6 is 0 Å². The van der Waals surface area contributed by atoms with Crippen LogP contribution in [0.1, 0.15) is 374 Å². The van der Waals surface area contributed by atoms with Crippen LogP contribution in [-0.4, -0.2) is 37.2 Å². The molecular weight excluding hydrogens is 961 g/mol. The third kappa shape index (κ3) is 64.2. The minimum Gasteiger partial charge on any atom is -0.462 e. The lowest BCUT2D eigenvalue weighted by molar-refractivity contribution is -0.167. The highest BCUT2D eigenvalue weighted by Crippen LogP contribution is 2.18. The summed E-state index contributed by atoms with van der Waals surface area (Å²) in [5, 5.41) is 0. The van der Waals surface area contributed by atoms with Crippen LogP contribution in [0.3, 0.4) is 0 Å². The van der Waals surface area contributed by atoms with Crippen LogP contribution in [0.2, 0.25) is 0 Å². The molecule has 78 heavy (non-hydrogen) atoms. The van der Waals surface area contributed by atoms with Gasteiger partial charge in [-0.2, -0.15) is 0 Å². The van der Waals surface area contributed by atoms with Gasteiger partial charge >= 0.3 is 17.9 Å². The first-order chi connectivity index (χ1) is 38.5. The third-order valence-electron chi connectivity index (χ3n) is 15.5. The Morgan fingerprint density at radius 2 is 0.487 bits per heavy atom. The van der Waals surface area contributed by atoms with Crippen molar-refractivity contribution < 1.29 is 28.6 Å². The Hall–Kier alpha value is -2.63. The minimum absolute atomic E-state index is 0.0721. The second-order valence-electron chi connectivity index (χ2n) is 23.4. The van der Waals surface area contributed by atoms with Gasteiger partial charge in [0.2, 0.25) is 0 Å². The van der Waals surface area contributed by atoms with Gasteiger partial charge in [-0.3, -0.25) is 14.4 Å². The Balaban J connectivity index is 4.08. The summed E-state index contributed by atoms with van der Waals surface area (Å²) in [6, 6.07) is 0. The molecule has 0 aromatic rings. The van der Waals surface area contributed by atoms with Crippen LogP contribution in [0, 0.1) is 0 Å². The maximum Gasteiger partial charge on any atom is 0.306 e. The topological polar surface area (TPSA) is 78.9 Å². The maximum absolute atomic E-state index is 12.9. The molecule has 0 rings (SSSR count). The van der Waals surface area contributed by atoms with Crippen LogP contribution in [-0.2, 0) is 28.6 Å². The third-order valence-corrected chi connectivity index (χ3v) is 15.5. The largest absolute Gasteiger partial charge is 0.462 e. The second kappa shape index (κ2) is 66.9. The highest BCUT2D eigenvalue weighted by atomic mass is 16.6. The molecule has 0 aromatic heterocycles. The fraction of sp³-hybridized carbons (Fsp3) is 0.847. The molecule has 0 fully saturated rings. The minimum atomic E-state index is -0.775. The molecule has 0 aromatic carbocycles. The van der Waals surface area contributed by atoms with Gasteiger partial charge in [0, 0.05) is 19.3 Å². The van der Waals surface area contributed by atoms with E-state index in [1.54, 1.807) is 0 Å². The van der Waals surface area contributed by atoms with Crippen LogP contribution in [0.4, 0.5) is 0 Å². The van der Waals surface area contributed by atoms with E-state index in [2.05, 4.69) is 69.4 Å². The van der Waals surface area contributed by atoms with E-state index >= 15 is 0 Å². The first-order valence-electron chi connectivity index (χ1n) is 34.6. The summed E-state index contributed by atoms with van der Waals surface area (Å²) in [7, 11) is 0. The predicted molar refractivity (Wildman–Crippen MR) is 339 cm³/mol. The summed E-state index contributed by atoms with van der Waals surface area (Å²) in [4.78, 5) is 38.3. The average Bonchev–Trinajstić information content (AvgIpc) is 3.44. The normalized spacial score (nSPS) is 12.3. The van der Waals surface area contributed by atoms with Gasteiger partial charge in [-0.05, 0) is 77.0 Å². The fourth-order valence-corrected chi connectivity index (χ4v) is 10.3. The van der Waals surface area contributed by atoms with Crippen molar-refractivity contribution in [2.45, 2.75) is 380 Å². The number of ether oxygens (including phenoxy) is 3. The highest BCUT2D eigenvalue weighted by Gasteiger charge is 2.19. The van der Waals surface area contributed by atoms with E-state index in [1.165, 1.54) is 244 Å². The predicted octanol–water partition coefficient (Wildman–Crippen LogP) is 23.7. The van der Waals surface area contributed by atoms with E-state index in [-0.39, 0.29) is 31.1 Å². The van der Waals surface area contributed by atoms with Gasteiger partial charge in [-0.1, -0.05) is 326 Å². The van der Waals surface area contributed by atoms with E-state index < -0.39 is 6.10 Å². The van der Waals surface area contributed by atoms with Gasteiger partial charge in [0.15, 0.2) is 6.10 Å². The number of carbonyl (C=O) groups excluding carboxylic acids is 3. The zero-order chi connectivity index (χ0) is 56.4. The SMILES string of the molecule is CCC/C=C\C/C=C\CCCCCCCC(=O)OCC(COC(=O)CCCCCCCCCCCCCCCCCCCCCCC/C=C\C/C=C\CCCCCCC)OC(=O)CCCCCCCCCCCCCCCC. The molecule has 6 nitrogen and oxygen atoms in total. The molecule has 0 saturated carbocycles. The molecule has 0 aliphatic heterocycles. The Morgan fingerprint density at radius 1 is 0.256 bits per heavy atom. The second-order valence-corrected chi connectivity index (χ2v) is 23.4. The van der Waals surface area contributed by atoms with Crippen molar-refractivity contribution in [1.82, 2.24) is 0 Å². The number of allylic oxidation sites excluding steroid dienone is 8. The summed E-state index contributed by atoms with van der Waals surface area (Å²) in [5.41, 5.74) is 0. The van der Waals surface area contributed by atoms with E-state index in [0.29, 0.717) is 19.3 Å². The molecule has 0 aliphatic carbocycles. The molecule has 0 aliphatic rings. The molecule has 0 bridgehead atoms. The fourth-order valence-electron chi connectivity index (χ4n) is 10.3. The number of esters is 3. The van der Waals surface area contributed by atoms with Crippen LogP contribution in [0.15, 0.2) is 48.6 Å². The van der Waals surface area contributed by atoms with E-state index in [9.17, 15) is 14.4 Å². The zero-order valence-electron chi connectivity index (χ0n) is 52.5. The van der Waals surface area contributed by atoms with Gasteiger partial charge in [0.05, 0.1) is 0 Å². The summed E-state index contributed by atoms with van der Waals surface area (Å²) in [6.45, 7) is 6.61. The summed E-state index contributed by atoms with van der Waals surface area (Å²) in [5.74, 6) is -0.863. The van der Waals surface area contributed by atoms with Crippen LogP contribution in [0.5, 0.6) is 0 Å². The van der Waals surface area contributed by atoms with Crippen molar-refractivity contribution in [3.63, 3.8) is 0 Å². The Kier molecular flexibility index (Phi) is 64.6. The number of unbranched alkanes of at least 4 members (excludes halogenated alkanes) is 45. The van der Waals surface area contributed by atoms with Crippen LogP contribution < -0.4 is 0 Å². The summed E-state index contributed by atoms with van der Waals surface area (Å²) in [6.07, 6.45) is 84.4. The van der Waals surface area contributed by atoms with Crippen molar-refractivity contribution in [1.29, 1.82) is 0 Å². The maximum atomic E-state index is 12.9. The van der Waals surface area contributed by atoms with Crippen molar-refractivity contribution in [2.75, 3.05) is 13.2 Å². The van der Waals surface area contributed by atoms with Gasteiger partial charge in [0.1, 0.15) is 13.2 Å². The molecule has 0 amide bonds. The van der Waals surface area contributed by atoms with E-state index in [4.69, 9.17) is 14.2 Å². The number of carbonyl (C=O) groups is 3. The van der Waals surface area contributed by atoms with Crippen molar-refractivity contribution in [2.24, 2.45) is 0 Å². The highest BCUT2D eigenvalue weighted by molar-refractivity contribution is 5.71. The standard InChI is InChI=1S/C72H132O6/c1-4-7-10-13-16-19-22-25-27-28-29-30-31-32-33-34-35-36-37-38-39-40-41-42-43-44-45-48-50-53-56-59-62-65-71(74)77-68-69(67-76-70(73)64-61-58-55-52-49-46-24-21-18-15-12-9-6-3)78-72(75)66-63-60-57-54-51-47-26-23-20-17-14-11-8-5-2/h12,15,21-22,24-25,28-29,69H,4-11,13-14,16-20,23,26-27,30-68H2,1-3H3/b15-12-,24-21-,25-22-,29-28-. The molecule has 456 valence electrons. The Bertz CT molecular complexity index is 1350. The number of hydrogen-bond donors (Lipinski definition) is 0. The lowest BCUT2D eigenvalue weighted by Crippen LogP contribution is -2.30. The average molecular weight is 1090 g/mol. The van der Waals surface area contributed by atoms with E-state index in [1.807, 2.05) is 0 Å². The molecule has 1 atom stereocenters. The molecule has 0 spiro atoms. The Labute approximate surface area is 486 Å². The molecular formula is C72H132O6. The van der Waals surface area contributed by atoms with Gasteiger partial charge < -0.3 is 14.2 Å². The van der Waals surface area contributed by atoms with E-state index in [0.717, 1.165) is 89.9 Å². The first-order valence-corrected chi connectivity index (χ1v) is 34.6. The monoisotopic (exact) mass is 1090 g/mol. The number of hydrogen-bond acceptors (Lipinski definition) is 6. The van der Waals surface area contributed by atoms with Gasteiger partial charge in [-0.25, -0.2) is 0 Å². The van der Waals surface area contributed by atoms with Crippen molar-refractivity contribution >= 4 is 17.9 Å². The lowest BCUT2D eigenvalue weighted by Gasteiger charge is -2.18. The molecule has 0 radical (unpaired) electrons. The molecule has 0 saturated heterocycles. The van der Waals surface area contributed by atoms with Crippen molar-refractivity contribution in [3.8, 4) is 0 Å². The van der Waals surface area contributed by atoms with Gasteiger partial charge in [0.25, 0.3) is 0 Å².